The molecule has 0 aliphatic heterocycles. The predicted octanol–water partition coefficient (Wildman–Crippen LogP) is 5.16. The van der Waals surface area contributed by atoms with Gasteiger partial charge in [-0.25, -0.2) is 17.8 Å². The number of halogens is 1. The Hall–Kier alpha value is -3.30. The van der Waals surface area contributed by atoms with Crippen LogP contribution in [0.1, 0.15) is 40.3 Å². The molecule has 0 N–H and O–H groups in total. The van der Waals surface area contributed by atoms with Crippen molar-refractivity contribution in [2.45, 2.75) is 43.9 Å². The van der Waals surface area contributed by atoms with Gasteiger partial charge in [-0.05, 0) is 36.9 Å². The molecule has 4 rings (SSSR count). The molecule has 0 saturated carbocycles. The molecule has 0 unspecified atom stereocenters. The third kappa shape index (κ3) is 5.68. The maximum absolute atomic E-state index is 14.2. The van der Waals surface area contributed by atoms with E-state index in [9.17, 15) is 17.6 Å². The van der Waals surface area contributed by atoms with Crippen LogP contribution < -0.4 is 0 Å². The Kier molecular flexibility index (Phi) is 7.47. The van der Waals surface area contributed by atoms with Gasteiger partial charge in [0.2, 0.25) is 15.0 Å². The van der Waals surface area contributed by atoms with E-state index in [1.807, 2.05) is 55.6 Å². The van der Waals surface area contributed by atoms with E-state index in [-0.39, 0.29) is 35.8 Å². The van der Waals surface area contributed by atoms with Gasteiger partial charge in [-0.1, -0.05) is 54.6 Å². The quantitative estimate of drug-likeness (QED) is 0.311. The number of sulfone groups is 1. The largest absolute Gasteiger partial charge is 0.330 e. The second kappa shape index (κ2) is 10.5. The van der Waals surface area contributed by atoms with E-state index in [2.05, 4.69) is 4.98 Å². The molecule has 0 atom stereocenters. The number of nitrogens with zero attached hydrogens (tertiary/aromatic N) is 3. The summed E-state index contributed by atoms with van der Waals surface area (Å²) in [6, 6.07) is 18.7. The number of carbonyl (C=O) groups excluding carboxylic acids is 1. The van der Waals surface area contributed by atoms with Gasteiger partial charge in [0, 0.05) is 11.6 Å². The van der Waals surface area contributed by atoms with Crippen molar-refractivity contribution >= 4 is 27.1 Å². The maximum Gasteiger partial charge on any atom is 0.264 e. The summed E-state index contributed by atoms with van der Waals surface area (Å²) < 4.78 is 42.6. The molecule has 182 valence electrons. The molecule has 0 fully saturated rings. The van der Waals surface area contributed by atoms with Gasteiger partial charge in [-0.2, -0.15) is 0 Å². The highest BCUT2D eigenvalue weighted by Gasteiger charge is 2.28. The van der Waals surface area contributed by atoms with E-state index in [1.165, 1.54) is 35.7 Å². The molecule has 0 radical (unpaired) electrons. The Morgan fingerprint density at radius 1 is 1.06 bits per heavy atom. The molecule has 0 saturated heterocycles. The van der Waals surface area contributed by atoms with E-state index in [4.69, 9.17) is 0 Å². The Morgan fingerprint density at radius 2 is 1.77 bits per heavy atom. The average Bonchev–Trinajstić information content (AvgIpc) is 3.50. The standard InChI is InChI=1S/C26H26FN3O3S2/c1-19(2)29(25(31)24-13-8-14-34-24)17-22-15-28-26(30(22)16-20-9-4-3-5-10-20)35(32,33)18-21-11-6-7-12-23(21)27/h3-15,19H,16-18H2,1-2H3. The number of carbonyl (C=O) groups is 1. The zero-order valence-electron chi connectivity index (χ0n) is 19.5. The number of aromatic nitrogens is 2. The molecule has 0 bridgehead atoms. The molecule has 9 heteroatoms. The van der Waals surface area contributed by atoms with E-state index >= 15 is 0 Å². The van der Waals surface area contributed by atoms with Gasteiger partial charge in [0.15, 0.2) is 0 Å². The summed E-state index contributed by atoms with van der Waals surface area (Å²) in [5.74, 6) is -1.21. The molecule has 0 aliphatic carbocycles. The van der Waals surface area contributed by atoms with Gasteiger partial charge in [-0.3, -0.25) is 4.79 Å². The highest BCUT2D eigenvalue weighted by molar-refractivity contribution is 7.90. The van der Waals surface area contributed by atoms with Crippen LogP contribution in [-0.4, -0.2) is 34.8 Å². The minimum absolute atomic E-state index is 0.0833. The second-order valence-corrected chi connectivity index (χ2v) is 11.3. The summed E-state index contributed by atoms with van der Waals surface area (Å²) in [5.41, 5.74) is 1.55. The maximum atomic E-state index is 14.2. The molecule has 35 heavy (non-hydrogen) atoms. The van der Waals surface area contributed by atoms with Gasteiger partial charge in [0.1, 0.15) is 5.82 Å². The normalized spacial score (nSPS) is 11.7. The highest BCUT2D eigenvalue weighted by atomic mass is 32.2. The summed E-state index contributed by atoms with van der Waals surface area (Å²) >= 11 is 1.36. The number of amides is 1. The van der Waals surface area contributed by atoms with Crippen molar-refractivity contribution in [1.82, 2.24) is 14.5 Å². The van der Waals surface area contributed by atoms with Gasteiger partial charge in [0.05, 0.1) is 35.6 Å². The number of benzene rings is 2. The summed E-state index contributed by atoms with van der Waals surface area (Å²) in [4.78, 5) is 19.7. The molecule has 2 heterocycles. The lowest BCUT2D eigenvalue weighted by molar-refractivity contribution is 0.0690. The minimum Gasteiger partial charge on any atom is -0.330 e. The molecular formula is C26H26FN3O3S2. The first-order chi connectivity index (χ1) is 16.8. The fraction of sp³-hybridized carbons (Fsp3) is 0.231. The molecule has 0 aliphatic rings. The number of hydrogen-bond acceptors (Lipinski definition) is 5. The van der Waals surface area contributed by atoms with E-state index in [1.54, 1.807) is 21.6 Å². The summed E-state index contributed by atoms with van der Waals surface area (Å²) in [6.45, 7) is 4.27. The van der Waals surface area contributed by atoms with Gasteiger partial charge in [0.25, 0.3) is 5.91 Å². The van der Waals surface area contributed by atoms with Crippen LogP contribution >= 0.6 is 11.3 Å². The number of rotatable bonds is 9. The zero-order valence-corrected chi connectivity index (χ0v) is 21.1. The SMILES string of the molecule is CC(C)N(Cc1cnc(S(=O)(=O)Cc2ccccc2F)n1Cc1ccccc1)C(=O)c1cccs1. The molecule has 0 spiro atoms. The minimum atomic E-state index is -3.97. The first kappa shape index (κ1) is 24.8. The average molecular weight is 512 g/mol. The highest BCUT2D eigenvalue weighted by Crippen LogP contribution is 2.23. The van der Waals surface area contributed by atoms with Crippen LogP contribution in [0.4, 0.5) is 4.39 Å². The van der Waals surface area contributed by atoms with E-state index < -0.39 is 21.4 Å². The summed E-state index contributed by atoms with van der Waals surface area (Å²) in [5, 5.41) is 1.70. The van der Waals surface area contributed by atoms with Crippen LogP contribution in [0.5, 0.6) is 0 Å². The van der Waals surface area contributed by atoms with Gasteiger partial charge < -0.3 is 9.47 Å². The second-order valence-electron chi connectivity index (χ2n) is 8.46. The van der Waals surface area contributed by atoms with Gasteiger partial charge in [-0.15, -0.1) is 11.3 Å². The van der Waals surface area contributed by atoms with Gasteiger partial charge >= 0.3 is 0 Å². The Morgan fingerprint density at radius 3 is 2.43 bits per heavy atom. The summed E-state index contributed by atoms with van der Waals surface area (Å²) in [6.07, 6.45) is 1.49. The number of hydrogen-bond donors (Lipinski definition) is 0. The van der Waals surface area contributed by atoms with Crippen LogP contribution in [0.25, 0.3) is 0 Å². The van der Waals surface area contributed by atoms with Crippen molar-refractivity contribution in [2.24, 2.45) is 0 Å². The zero-order chi connectivity index (χ0) is 25.0. The van der Waals surface area contributed by atoms with Crippen LogP contribution in [0.15, 0.2) is 83.5 Å². The lowest BCUT2D eigenvalue weighted by Gasteiger charge is -2.27. The van der Waals surface area contributed by atoms with Crippen molar-refractivity contribution in [3.63, 3.8) is 0 Å². The molecule has 2 aromatic heterocycles. The third-order valence-electron chi connectivity index (χ3n) is 5.62. The van der Waals surface area contributed by atoms with Crippen LogP contribution in [0.3, 0.4) is 0 Å². The van der Waals surface area contributed by atoms with Crippen molar-refractivity contribution in [3.05, 3.63) is 106 Å². The first-order valence-electron chi connectivity index (χ1n) is 11.1. The Labute approximate surface area is 208 Å². The van der Waals surface area contributed by atoms with E-state index in [0.29, 0.717) is 10.6 Å². The molecule has 2 aromatic carbocycles. The van der Waals surface area contributed by atoms with Crippen molar-refractivity contribution in [2.75, 3.05) is 0 Å². The van der Waals surface area contributed by atoms with Crippen molar-refractivity contribution < 1.29 is 17.6 Å². The third-order valence-corrected chi connectivity index (χ3v) is 8.05. The monoisotopic (exact) mass is 511 g/mol. The van der Waals surface area contributed by atoms with E-state index in [0.717, 1.165) is 5.56 Å². The van der Waals surface area contributed by atoms with Crippen LogP contribution in [0, 0.1) is 5.82 Å². The fourth-order valence-corrected chi connectivity index (χ4v) is 5.97. The number of thiophene rings is 1. The molecule has 1 amide bonds. The van der Waals surface area contributed by atoms with Crippen LogP contribution in [0.2, 0.25) is 0 Å². The Balaban J connectivity index is 1.73. The van der Waals surface area contributed by atoms with Crippen molar-refractivity contribution in [3.8, 4) is 0 Å². The van der Waals surface area contributed by atoms with Crippen molar-refractivity contribution in [1.29, 1.82) is 0 Å². The fourth-order valence-electron chi connectivity index (χ4n) is 3.79. The lowest BCUT2D eigenvalue weighted by Crippen LogP contribution is -2.36. The summed E-state index contributed by atoms with van der Waals surface area (Å²) in [7, 11) is -3.97. The molecule has 6 nitrogen and oxygen atoms in total. The molecule has 4 aromatic rings. The molecular weight excluding hydrogens is 485 g/mol. The predicted molar refractivity (Wildman–Crippen MR) is 134 cm³/mol. The number of imidazole rings is 1. The topological polar surface area (TPSA) is 72.3 Å². The Bertz CT molecular complexity index is 1400. The lowest BCUT2D eigenvalue weighted by atomic mass is 10.2. The first-order valence-corrected chi connectivity index (χ1v) is 13.7. The smallest absolute Gasteiger partial charge is 0.264 e. The van der Waals surface area contributed by atoms with Crippen LogP contribution in [-0.2, 0) is 28.7 Å².